The van der Waals surface area contributed by atoms with Crippen LogP contribution in [0.2, 0.25) is 0 Å². The van der Waals surface area contributed by atoms with Gasteiger partial charge in [-0.3, -0.25) is 29.8 Å². The van der Waals surface area contributed by atoms with E-state index >= 15 is 0 Å². The van der Waals surface area contributed by atoms with Crippen molar-refractivity contribution in [1.82, 2.24) is 0 Å². The number of non-ortho nitro benzene ring substituents is 2. The van der Waals surface area contributed by atoms with Gasteiger partial charge in [0.05, 0.1) is 9.85 Å². The molecule has 2 rings (SSSR count). The summed E-state index contributed by atoms with van der Waals surface area (Å²) in [5, 5.41) is 21.6. The normalized spacial score (nSPS) is 10.4. The Morgan fingerprint density at radius 1 is 0.750 bits per heavy atom. The van der Waals surface area contributed by atoms with Crippen LogP contribution in [0.25, 0.3) is 0 Å². The number of nitrogen functional groups attached to an aromatic ring is 2. The minimum atomic E-state index is -0.613. The van der Waals surface area contributed by atoms with Crippen LogP contribution in [-0.4, -0.2) is 21.4 Å². The standard InChI is InChI=1S/C18H18N4O6/c19-15-7-5-11(21(25)26)9-13(15)17(23)3-1-2-4-18(24)14-10-12(22(27)28)6-8-16(14)20/h5-10H,1-4,19-20H2. The lowest BCUT2D eigenvalue weighted by Gasteiger charge is -2.06. The maximum Gasteiger partial charge on any atom is 0.270 e. The quantitative estimate of drug-likeness (QED) is 0.217. The second-order valence-electron chi connectivity index (χ2n) is 6.11. The zero-order chi connectivity index (χ0) is 20.8. The van der Waals surface area contributed by atoms with Gasteiger partial charge >= 0.3 is 0 Å². The van der Waals surface area contributed by atoms with E-state index in [1.54, 1.807) is 0 Å². The summed E-state index contributed by atoms with van der Waals surface area (Å²) in [6.45, 7) is 0. The molecule has 146 valence electrons. The molecule has 0 radical (unpaired) electrons. The molecule has 28 heavy (non-hydrogen) atoms. The number of nitrogens with two attached hydrogens (primary N) is 2. The predicted octanol–water partition coefficient (Wildman–Crippen LogP) is 3.29. The highest BCUT2D eigenvalue weighted by molar-refractivity contribution is 6.02. The van der Waals surface area contributed by atoms with Crippen LogP contribution in [-0.2, 0) is 0 Å². The number of anilines is 2. The first-order valence-electron chi connectivity index (χ1n) is 8.35. The zero-order valence-corrected chi connectivity index (χ0v) is 14.8. The van der Waals surface area contributed by atoms with Crippen molar-refractivity contribution in [3.05, 3.63) is 67.8 Å². The van der Waals surface area contributed by atoms with Gasteiger partial charge < -0.3 is 11.5 Å². The highest BCUT2D eigenvalue weighted by Gasteiger charge is 2.17. The fraction of sp³-hybridized carbons (Fsp3) is 0.222. The molecule has 0 saturated carbocycles. The Balaban J connectivity index is 1.94. The number of hydrogen-bond donors (Lipinski definition) is 2. The van der Waals surface area contributed by atoms with Gasteiger partial charge in [0.2, 0.25) is 0 Å². The third kappa shape index (κ3) is 4.87. The lowest BCUT2D eigenvalue weighted by Crippen LogP contribution is -2.07. The fourth-order valence-corrected chi connectivity index (χ4v) is 2.64. The van der Waals surface area contributed by atoms with E-state index in [1.807, 2.05) is 0 Å². The molecule has 10 heteroatoms. The molecule has 0 aliphatic rings. The van der Waals surface area contributed by atoms with Crippen LogP contribution >= 0.6 is 0 Å². The SMILES string of the molecule is Nc1ccc([N+](=O)[O-])cc1C(=O)CCCCC(=O)c1cc([N+](=O)[O-])ccc1N. The third-order valence-electron chi connectivity index (χ3n) is 4.15. The summed E-state index contributed by atoms with van der Waals surface area (Å²) in [4.78, 5) is 44.9. The minimum absolute atomic E-state index is 0.0586. The van der Waals surface area contributed by atoms with Crippen molar-refractivity contribution < 1.29 is 19.4 Å². The highest BCUT2D eigenvalue weighted by atomic mass is 16.6. The summed E-state index contributed by atoms with van der Waals surface area (Å²) in [6.07, 6.45) is 0.815. The van der Waals surface area contributed by atoms with Gasteiger partial charge in [0, 0.05) is 59.6 Å². The summed E-state index contributed by atoms with van der Waals surface area (Å²) in [5.41, 5.74) is 11.4. The van der Waals surface area contributed by atoms with Gasteiger partial charge in [0.15, 0.2) is 11.6 Å². The lowest BCUT2D eigenvalue weighted by atomic mass is 9.99. The van der Waals surface area contributed by atoms with Crippen molar-refractivity contribution in [2.75, 3.05) is 11.5 Å². The van der Waals surface area contributed by atoms with Gasteiger partial charge in [0.1, 0.15) is 0 Å². The minimum Gasteiger partial charge on any atom is -0.398 e. The molecule has 0 heterocycles. The summed E-state index contributed by atoms with van der Waals surface area (Å²) in [5.74, 6) is -0.716. The number of benzene rings is 2. The van der Waals surface area contributed by atoms with Crippen LogP contribution in [0.4, 0.5) is 22.7 Å². The molecule has 0 atom stereocenters. The second-order valence-corrected chi connectivity index (χ2v) is 6.11. The van der Waals surface area contributed by atoms with E-state index in [9.17, 15) is 29.8 Å². The second kappa shape index (κ2) is 8.71. The van der Waals surface area contributed by atoms with Crippen LogP contribution < -0.4 is 11.5 Å². The highest BCUT2D eigenvalue weighted by Crippen LogP contribution is 2.24. The Morgan fingerprint density at radius 3 is 1.43 bits per heavy atom. The predicted molar refractivity (Wildman–Crippen MR) is 102 cm³/mol. The number of carbonyl (C=O) groups is 2. The maximum absolute atomic E-state index is 12.2. The number of unbranched alkanes of at least 4 members (excludes halogenated alkanes) is 1. The number of ketones is 2. The van der Waals surface area contributed by atoms with Gasteiger partial charge in [-0.25, -0.2) is 0 Å². The number of nitrogens with zero attached hydrogens (tertiary/aromatic N) is 2. The molecule has 4 N–H and O–H groups in total. The molecule has 0 aliphatic carbocycles. The average molecular weight is 386 g/mol. The molecule has 2 aromatic carbocycles. The van der Waals surface area contributed by atoms with Gasteiger partial charge in [-0.1, -0.05) is 0 Å². The van der Waals surface area contributed by atoms with Crippen LogP contribution in [0.3, 0.4) is 0 Å². The molecule has 0 unspecified atom stereocenters. The summed E-state index contributed by atoms with van der Waals surface area (Å²) < 4.78 is 0. The topological polar surface area (TPSA) is 172 Å². The molecular formula is C18H18N4O6. The first-order valence-corrected chi connectivity index (χ1v) is 8.35. The van der Waals surface area contributed by atoms with E-state index < -0.39 is 9.85 Å². The summed E-state index contributed by atoms with van der Waals surface area (Å²) >= 11 is 0. The number of Topliss-reactive ketones (excluding diaryl/α,β-unsaturated/α-hetero) is 2. The molecule has 0 spiro atoms. The summed E-state index contributed by atoms with van der Waals surface area (Å²) in [7, 11) is 0. The number of rotatable bonds is 9. The Morgan fingerprint density at radius 2 is 1.11 bits per heavy atom. The largest absolute Gasteiger partial charge is 0.398 e. The van der Waals surface area contributed by atoms with Gasteiger partial charge in [-0.05, 0) is 25.0 Å². The molecule has 0 bridgehead atoms. The van der Waals surface area contributed by atoms with Crippen molar-refractivity contribution >= 4 is 34.3 Å². The molecule has 0 fully saturated rings. The van der Waals surface area contributed by atoms with Crippen molar-refractivity contribution in [2.45, 2.75) is 25.7 Å². The molecule has 0 saturated heterocycles. The molecule has 0 aromatic heterocycles. The zero-order valence-electron chi connectivity index (χ0n) is 14.8. The van der Waals surface area contributed by atoms with E-state index in [1.165, 1.54) is 24.3 Å². The molecule has 10 nitrogen and oxygen atoms in total. The lowest BCUT2D eigenvalue weighted by molar-refractivity contribution is -0.385. The fourth-order valence-electron chi connectivity index (χ4n) is 2.64. The van der Waals surface area contributed by atoms with Crippen molar-refractivity contribution in [1.29, 1.82) is 0 Å². The third-order valence-corrected chi connectivity index (χ3v) is 4.15. The van der Waals surface area contributed by atoms with E-state index in [2.05, 4.69) is 0 Å². The van der Waals surface area contributed by atoms with Crippen LogP contribution in [0, 0.1) is 20.2 Å². The van der Waals surface area contributed by atoms with Gasteiger partial charge in [-0.15, -0.1) is 0 Å². The number of hydrogen-bond acceptors (Lipinski definition) is 8. The number of nitro groups is 2. The first-order chi connectivity index (χ1) is 13.2. The van der Waals surface area contributed by atoms with E-state index in [-0.39, 0.29) is 58.3 Å². The van der Waals surface area contributed by atoms with Crippen molar-refractivity contribution in [3.63, 3.8) is 0 Å². The Labute approximate surface area is 159 Å². The summed E-state index contributed by atoms with van der Waals surface area (Å²) in [6, 6.07) is 7.31. The monoisotopic (exact) mass is 386 g/mol. The van der Waals surface area contributed by atoms with Gasteiger partial charge in [0.25, 0.3) is 11.4 Å². The van der Waals surface area contributed by atoms with Crippen LogP contribution in [0.15, 0.2) is 36.4 Å². The van der Waals surface area contributed by atoms with E-state index in [0.717, 1.165) is 12.1 Å². The van der Waals surface area contributed by atoms with Crippen molar-refractivity contribution in [2.24, 2.45) is 0 Å². The first kappa shape index (κ1) is 20.5. The Hall–Kier alpha value is -3.82. The van der Waals surface area contributed by atoms with E-state index in [0.29, 0.717) is 12.8 Å². The smallest absolute Gasteiger partial charge is 0.270 e. The molecule has 2 aromatic rings. The molecule has 0 amide bonds. The Bertz CT molecular complexity index is 880. The van der Waals surface area contributed by atoms with Crippen molar-refractivity contribution in [3.8, 4) is 0 Å². The Kier molecular flexibility index (Phi) is 6.38. The average Bonchev–Trinajstić information content (AvgIpc) is 2.65. The molecular weight excluding hydrogens is 368 g/mol. The van der Waals surface area contributed by atoms with Crippen LogP contribution in [0.1, 0.15) is 46.4 Å². The van der Waals surface area contributed by atoms with E-state index in [4.69, 9.17) is 11.5 Å². The maximum atomic E-state index is 12.2. The number of nitro benzene ring substituents is 2. The van der Waals surface area contributed by atoms with Crippen LogP contribution in [0.5, 0.6) is 0 Å². The number of carbonyl (C=O) groups excluding carboxylic acids is 2. The molecule has 0 aliphatic heterocycles. The van der Waals surface area contributed by atoms with Gasteiger partial charge in [-0.2, -0.15) is 0 Å².